The molecule has 0 aliphatic carbocycles. The van der Waals surface area contributed by atoms with Crippen LogP contribution < -0.4 is 10.2 Å². The second kappa shape index (κ2) is 8.30. The Balaban J connectivity index is 1.68. The monoisotopic (exact) mass is 469 g/mol. The molecule has 0 saturated carbocycles. The molecule has 0 spiro atoms. The molecule has 1 N–H and O–H groups in total. The zero-order chi connectivity index (χ0) is 23.2. The van der Waals surface area contributed by atoms with Crippen molar-refractivity contribution in [3.05, 3.63) is 74.9 Å². The normalized spacial score (nSPS) is 18.7. The van der Waals surface area contributed by atoms with E-state index in [9.17, 15) is 9.59 Å². The Bertz CT molecular complexity index is 1180. The van der Waals surface area contributed by atoms with Gasteiger partial charge in [-0.1, -0.05) is 47.5 Å². The van der Waals surface area contributed by atoms with Crippen molar-refractivity contribution in [3.63, 3.8) is 0 Å². The zero-order valence-electron chi connectivity index (χ0n) is 18.5. The minimum Gasteiger partial charge on any atom is -0.363 e. The van der Waals surface area contributed by atoms with E-state index >= 15 is 0 Å². The summed E-state index contributed by atoms with van der Waals surface area (Å²) in [5.41, 5.74) is 4.72. The molecule has 2 heterocycles. The third kappa shape index (κ3) is 3.91. The largest absolute Gasteiger partial charge is 0.363 e. The predicted octanol–water partition coefficient (Wildman–Crippen LogP) is 6.11. The van der Waals surface area contributed by atoms with Gasteiger partial charge >= 0.3 is 6.03 Å². The number of anilines is 1. The summed E-state index contributed by atoms with van der Waals surface area (Å²) in [5, 5.41) is 3.69. The lowest BCUT2D eigenvalue weighted by Gasteiger charge is -2.43. The Kier molecular flexibility index (Phi) is 5.82. The van der Waals surface area contributed by atoms with E-state index in [1.54, 1.807) is 24.3 Å². The van der Waals surface area contributed by atoms with Gasteiger partial charge in [-0.25, -0.2) is 4.79 Å². The molecular formula is C25H25Cl2N3O2. The number of carbonyl (C=O) groups excluding carboxylic acids is 2. The fraction of sp³-hybridized carbons (Fsp3) is 0.280. The number of fused-ring (bicyclic) bond motifs is 1. The minimum absolute atomic E-state index is 0.0992. The number of amides is 3. The van der Waals surface area contributed by atoms with Crippen LogP contribution >= 0.6 is 23.2 Å². The number of nitrogens with zero attached hydrogens (tertiary/aromatic N) is 2. The first-order valence-corrected chi connectivity index (χ1v) is 11.3. The predicted molar refractivity (Wildman–Crippen MR) is 131 cm³/mol. The number of imide groups is 1. The summed E-state index contributed by atoms with van der Waals surface area (Å²) in [5.74, 6) is -0.410. The Morgan fingerprint density at radius 3 is 2.50 bits per heavy atom. The van der Waals surface area contributed by atoms with Crippen molar-refractivity contribution in [2.45, 2.75) is 39.8 Å². The van der Waals surface area contributed by atoms with Crippen molar-refractivity contribution in [2.24, 2.45) is 0 Å². The number of benzene rings is 2. The van der Waals surface area contributed by atoms with Crippen LogP contribution in [0.25, 0.3) is 11.6 Å². The number of halogens is 2. The van der Waals surface area contributed by atoms with E-state index in [4.69, 9.17) is 23.2 Å². The number of hydrogen-bond donors (Lipinski definition) is 1. The summed E-state index contributed by atoms with van der Waals surface area (Å²) in [7, 11) is 0. The lowest BCUT2D eigenvalue weighted by molar-refractivity contribution is -0.123. The Hall–Kier alpha value is -2.76. The number of rotatable bonds is 4. The molecule has 3 amide bonds. The summed E-state index contributed by atoms with van der Waals surface area (Å²) >= 11 is 12.8. The van der Waals surface area contributed by atoms with Gasteiger partial charge in [-0.2, -0.15) is 0 Å². The van der Waals surface area contributed by atoms with Gasteiger partial charge in [0.2, 0.25) is 0 Å². The standard InChI is InChI=1S/C25H25Cl2N3O2/c1-5-30-22-12-20(27)17(10-18(22)15(2)13-25(30,3)4)11-21-23(31)29(24(32)28-21)14-16-8-6-7-9-19(16)26/h6-13H,5,14H2,1-4H3,(H,28,32)/b21-11+. The summed E-state index contributed by atoms with van der Waals surface area (Å²) in [6.07, 6.45) is 3.87. The average molecular weight is 470 g/mol. The van der Waals surface area contributed by atoms with Gasteiger partial charge in [-0.15, -0.1) is 0 Å². The quantitative estimate of drug-likeness (QED) is 0.434. The SMILES string of the molecule is CCN1c2cc(Cl)c(/C=C3/NC(=O)N(Cc4ccccc4Cl)C3=O)cc2C(C)=CC1(C)C. The Morgan fingerprint density at radius 2 is 1.81 bits per heavy atom. The fourth-order valence-corrected chi connectivity index (χ4v) is 4.88. The molecule has 32 heavy (non-hydrogen) atoms. The van der Waals surface area contributed by atoms with E-state index in [1.807, 2.05) is 18.2 Å². The molecule has 2 aromatic rings. The van der Waals surface area contributed by atoms with E-state index in [0.29, 0.717) is 21.2 Å². The van der Waals surface area contributed by atoms with Crippen LogP contribution in [0.2, 0.25) is 10.0 Å². The van der Waals surface area contributed by atoms with Gasteiger partial charge in [0.05, 0.1) is 12.1 Å². The molecule has 1 fully saturated rings. The summed E-state index contributed by atoms with van der Waals surface area (Å²) in [6, 6.07) is 10.6. The minimum atomic E-state index is -0.481. The van der Waals surface area contributed by atoms with Crippen LogP contribution in [0.15, 0.2) is 48.2 Å². The van der Waals surface area contributed by atoms with E-state index < -0.39 is 11.9 Å². The van der Waals surface area contributed by atoms with Crippen LogP contribution in [-0.4, -0.2) is 28.9 Å². The van der Waals surface area contributed by atoms with Gasteiger partial charge in [0, 0.05) is 27.8 Å². The number of nitrogens with one attached hydrogen (secondary N) is 1. The molecule has 0 atom stereocenters. The first-order valence-electron chi connectivity index (χ1n) is 10.5. The molecule has 2 aromatic carbocycles. The Labute approximate surface area is 198 Å². The third-order valence-electron chi connectivity index (χ3n) is 5.96. The lowest BCUT2D eigenvalue weighted by atomic mass is 9.88. The number of carbonyl (C=O) groups is 2. The molecule has 0 unspecified atom stereocenters. The highest BCUT2D eigenvalue weighted by Gasteiger charge is 2.35. The molecule has 2 aliphatic rings. The molecule has 0 bridgehead atoms. The number of allylic oxidation sites excluding steroid dienone is 1. The van der Waals surface area contributed by atoms with Crippen LogP contribution in [0.1, 0.15) is 44.4 Å². The molecule has 4 rings (SSSR count). The van der Waals surface area contributed by atoms with Crippen LogP contribution in [-0.2, 0) is 11.3 Å². The van der Waals surface area contributed by atoms with Crippen LogP contribution in [0.5, 0.6) is 0 Å². The van der Waals surface area contributed by atoms with Crippen LogP contribution in [0.4, 0.5) is 10.5 Å². The first-order chi connectivity index (χ1) is 15.1. The van der Waals surface area contributed by atoms with Crippen molar-refractivity contribution in [1.82, 2.24) is 10.2 Å². The molecule has 166 valence electrons. The van der Waals surface area contributed by atoms with E-state index in [1.165, 1.54) is 0 Å². The van der Waals surface area contributed by atoms with Gasteiger partial charge in [-0.05, 0) is 68.7 Å². The van der Waals surface area contributed by atoms with Crippen LogP contribution in [0.3, 0.4) is 0 Å². The van der Waals surface area contributed by atoms with Gasteiger partial charge < -0.3 is 10.2 Å². The van der Waals surface area contributed by atoms with Gasteiger partial charge in [0.15, 0.2) is 0 Å². The summed E-state index contributed by atoms with van der Waals surface area (Å²) in [4.78, 5) is 28.9. The second-order valence-corrected chi connectivity index (χ2v) is 9.40. The molecule has 0 aromatic heterocycles. The molecule has 1 saturated heterocycles. The topological polar surface area (TPSA) is 52.7 Å². The van der Waals surface area contributed by atoms with Crippen molar-refractivity contribution in [3.8, 4) is 0 Å². The van der Waals surface area contributed by atoms with Crippen molar-refractivity contribution in [1.29, 1.82) is 0 Å². The molecular weight excluding hydrogens is 445 g/mol. The maximum Gasteiger partial charge on any atom is 0.329 e. The summed E-state index contributed by atoms with van der Waals surface area (Å²) in [6.45, 7) is 9.48. The smallest absolute Gasteiger partial charge is 0.329 e. The van der Waals surface area contributed by atoms with Crippen molar-refractivity contribution in [2.75, 3.05) is 11.4 Å². The van der Waals surface area contributed by atoms with Gasteiger partial charge in [-0.3, -0.25) is 9.69 Å². The molecule has 0 radical (unpaired) electrons. The number of hydrogen-bond acceptors (Lipinski definition) is 3. The van der Waals surface area contributed by atoms with E-state index in [-0.39, 0.29) is 17.8 Å². The summed E-state index contributed by atoms with van der Waals surface area (Å²) < 4.78 is 0. The van der Waals surface area contributed by atoms with Crippen LogP contribution in [0, 0.1) is 0 Å². The van der Waals surface area contributed by atoms with Gasteiger partial charge in [0.1, 0.15) is 5.70 Å². The van der Waals surface area contributed by atoms with Gasteiger partial charge in [0.25, 0.3) is 5.91 Å². The molecule has 2 aliphatic heterocycles. The third-order valence-corrected chi connectivity index (χ3v) is 6.66. The zero-order valence-corrected chi connectivity index (χ0v) is 20.0. The van der Waals surface area contributed by atoms with Crippen molar-refractivity contribution < 1.29 is 9.59 Å². The second-order valence-electron chi connectivity index (χ2n) is 8.59. The van der Waals surface area contributed by atoms with Crippen molar-refractivity contribution >= 4 is 52.5 Å². The maximum atomic E-state index is 13.0. The lowest BCUT2D eigenvalue weighted by Crippen LogP contribution is -2.44. The average Bonchev–Trinajstić information content (AvgIpc) is 2.98. The highest BCUT2D eigenvalue weighted by Crippen LogP contribution is 2.41. The fourth-order valence-electron chi connectivity index (χ4n) is 4.47. The number of likely N-dealkylation sites (N-methyl/N-ethyl adjacent to an activating group) is 1. The number of urea groups is 1. The molecule has 5 nitrogen and oxygen atoms in total. The molecule has 7 heteroatoms. The maximum absolute atomic E-state index is 13.0. The highest BCUT2D eigenvalue weighted by atomic mass is 35.5. The Morgan fingerprint density at radius 1 is 1.09 bits per heavy atom. The van der Waals surface area contributed by atoms with E-state index in [0.717, 1.165) is 28.3 Å². The first kappa shape index (κ1) is 22.4. The van der Waals surface area contributed by atoms with E-state index in [2.05, 4.69) is 44.0 Å². The highest BCUT2D eigenvalue weighted by molar-refractivity contribution is 6.33.